The van der Waals surface area contributed by atoms with Crippen LogP contribution in [0.15, 0.2) is 18.2 Å². The number of carbonyl (C=O) groups excluding carboxylic acids is 1. The molecule has 0 unspecified atom stereocenters. The summed E-state index contributed by atoms with van der Waals surface area (Å²) >= 11 is 8.20. The Labute approximate surface area is 121 Å². The van der Waals surface area contributed by atoms with Crippen LogP contribution in [0.4, 0.5) is 0 Å². The molecule has 4 heteroatoms. The summed E-state index contributed by atoms with van der Waals surface area (Å²) in [5, 5.41) is 0.636. The Hall–Kier alpha value is -0.290. The normalized spacial score (nSPS) is 10.7. The summed E-state index contributed by atoms with van der Waals surface area (Å²) in [5.41, 5.74) is 0.664. The maximum Gasteiger partial charge on any atom is 0.254 e. The predicted octanol–water partition coefficient (Wildman–Crippen LogP) is 4.21. The van der Waals surface area contributed by atoms with Crippen molar-refractivity contribution in [2.45, 2.75) is 33.2 Å². The van der Waals surface area contributed by atoms with Crippen molar-refractivity contribution in [3.8, 4) is 0 Å². The molecule has 1 aromatic rings. The van der Waals surface area contributed by atoms with Gasteiger partial charge in [-0.05, 0) is 61.1 Å². The summed E-state index contributed by atoms with van der Waals surface area (Å²) in [6.07, 6.45) is 0.960. The molecule has 1 aromatic carbocycles. The molecule has 17 heavy (non-hydrogen) atoms. The maximum atomic E-state index is 12.3. The summed E-state index contributed by atoms with van der Waals surface area (Å²) in [4.78, 5) is 14.2. The molecule has 0 aliphatic carbocycles. The first-order chi connectivity index (χ1) is 7.97. The van der Waals surface area contributed by atoms with Gasteiger partial charge in [-0.2, -0.15) is 0 Å². The highest BCUT2D eigenvalue weighted by Gasteiger charge is 2.18. The smallest absolute Gasteiger partial charge is 0.254 e. The van der Waals surface area contributed by atoms with E-state index in [2.05, 4.69) is 29.5 Å². The van der Waals surface area contributed by atoms with E-state index in [-0.39, 0.29) is 11.9 Å². The summed E-state index contributed by atoms with van der Waals surface area (Å²) in [6.45, 7) is 6.91. The van der Waals surface area contributed by atoms with Crippen LogP contribution in [-0.2, 0) is 0 Å². The van der Waals surface area contributed by atoms with Crippen molar-refractivity contribution in [3.05, 3.63) is 32.4 Å². The lowest BCUT2D eigenvalue weighted by molar-refractivity contribution is 0.0706. The van der Waals surface area contributed by atoms with Gasteiger partial charge in [0.2, 0.25) is 0 Å². The number of hydrogen-bond donors (Lipinski definition) is 0. The molecule has 2 nitrogen and oxygen atoms in total. The van der Waals surface area contributed by atoms with Crippen LogP contribution in [0.5, 0.6) is 0 Å². The van der Waals surface area contributed by atoms with Crippen LogP contribution >= 0.6 is 34.2 Å². The molecule has 0 N–H and O–H groups in total. The second-order valence-corrected chi connectivity index (χ2v) is 5.79. The van der Waals surface area contributed by atoms with Gasteiger partial charge in [0.05, 0.1) is 5.02 Å². The average molecular weight is 366 g/mol. The minimum absolute atomic E-state index is 0.0557. The van der Waals surface area contributed by atoms with Crippen molar-refractivity contribution in [3.63, 3.8) is 0 Å². The fourth-order valence-electron chi connectivity index (χ4n) is 1.63. The molecule has 0 radical (unpaired) electrons. The first-order valence-electron chi connectivity index (χ1n) is 5.73. The molecule has 0 spiro atoms. The van der Waals surface area contributed by atoms with E-state index < -0.39 is 0 Å². The molecule has 0 heterocycles. The number of rotatable bonds is 4. The van der Waals surface area contributed by atoms with Gasteiger partial charge in [-0.3, -0.25) is 4.79 Å². The molecule has 94 valence electrons. The zero-order valence-electron chi connectivity index (χ0n) is 10.3. The largest absolute Gasteiger partial charge is 0.336 e. The van der Waals surface area contributed by atoms with E-state index in [1.807, 2.05) is 30.9 Å². The average Bonchev–Trinajstić information content (AvgIpc) is 2.28. The van der Waals surface area contributed by atoms with Crippen LogP contribution < -0.4 is 0 Å². The van der Waals surface area contributed by atoms with E-state index in [1.165, 1.54) is 0 Å². The molecular weight excluding hydrogens is 349 g/mol. The molecule has 0 atom stereocenters. The summed E-state index contributed by atoms with van der Waals surface area (Å²) < 4.78 is 0.965. The van der Waals surface area contributed by atoms with E-state index in [0.717, 1.165) is 16.5 Å². The van der Waals surface area contributed by atoms with Crippen molar-refractivity contribution in [2.75, 3.05) is 6.54 Å². The number of benzene rings is 1. The van der Waals surface area contributed by atoms with Crippen LogP contribution in [0.3, 0.4) is 0 Å². The summed E-state index contributed by atoms with van der Waals surface area (Å²) in [5.74, 6) is 0.0557. The third-order valence-electron chi connectivity index (χ3n) is 2.52. The fraction of sp³-hybridized carbons (Fsp3) is 0.462. The molecular formula is C13H17ClINO. The van der Waals surface area contributed by atoms with Gasteiger partial charge in [-0.25, -0.2) is 0 Å². The monoisotopic (exact) mass is 365 g/mol. The van der Waals surface area contributed by atoms with Crippen LogP contribution in [0.2, 0.25) is 5.02 Å². The first-order valence-corrected chi connectivity index (χ1v) is 7.19. The van der Waals surface area contributed by atoms with Crippen LogP contribution in [-0.4, -0.2) is 23.4 Å². The van der Waals surface area contributed by atoms with Gasteiger partial charge in [0.15, 0.2) is 0 Å². The molecule has 0 saturated heterocycles. The molecule has 1 amide bonds. The van der Waals surface area contributed by atoms with Gasteiger partial charge in [-0.15, -0.1) is 0 Å². The number of nitrogens with zero attached hydrogens (tertiary/aromatic N) is 1. The predicted molar refractivity (Wildman–Crippen MR) is 80.6 cm³/mol. The Balaban J connectivity index is 2.97. The highest BCUT2D eigenvalue weighted by Crippen LogP contribution is 2.21. The van der Waals surface area contributed by atoms with E-state index >= 15 is 0 Å². The van der Waals surface area contributed by atoms with E-state index in [1.54, 1.807) is 6.07 Å². The van der Waals surface area contributed by atoms with Gasteiger partial charge in [0.25, 0.3) is 5.91 Å². The maximum absolute atomic E-state index is 12.3. The Kier molecular flexibility index (Phi) is 5.73. The Morgan fingerprint density at radius 3 is 2.59 bits per heavy atom. The molecule has 0 saturated carbocycles. The zero-order chi connectivity index (χ0) is 13.0. The lowest BCUT2D eigenvalue weighted by Crippen LogP contribution is -2.37. The van der Waals surface area contributed by atoms with Gasteiger partial charge in [-0.1, -0.05) is 18.5 Å². The van der Waals surface area contributed by atoms with Crippen molar-refractivity contribution >= 4 is 40.1 Å². The summed E-state index contributed by atoms with van der Waals surface area (Å²) in [6, 6.07) is 5.67. The number of hydrogen-bond acceptors (Lipinski definition) is 1. The second kappa shape index (κ2) is 6.59. The van der Waals surface area contributed by atoms with E-state index in [0.29, 0.717) is 10.6 Å². The van der Waals surface area contributed by atoms with Crippen molar-refractivity contribution in [2.24, 2.45) is 0 Å². The minimum Gasteiger partial charge on any atom is -0.336 e. The Morgan fingerprint density at radius 2 is 2.12 bits per heavy atom. The third kappa shape index (κ3) is 3.85. The molecule has 0 aliphatic rings. The van der Waals surface area contributed by atoms with Gasteiger partial charge >= 0.3 is 0 Å². The van der Waals surface area contributed by atoms with Crippen molar-refractivity contribution in [1.82, 2.24) is 4.90 Å². The Bertz CT molecular complexity index is 406. The minimum atomic E-state index is 0.0557. The molecule has 1 rings (SSSR count). The highest BCUT2D eigenvalue weighted by atomic mass is 127. The van der Waals surface area contributed by atoms with Crippen LogP contribution in [0.1, 0.15) is 37.6 Å². The highest BCUT2D eigenvalue weighted by molar-refractivity contribution is 14.1. The zero-order valence-corrected chi connectivity index (χ0v) is 13.2. The molecule has 0 fully saturated rings. The number of carbonyl (C=O) groups is 1. The van der Waals surface area contributed by atoms with Gasteiger partial charge in [0, 0.05) is 21.7 Å². The number of amides is 1. The standard InChI is InChI=1S/C13H17ClINO/c1-4-7-16(9(2)3)13(17)10-5-6-12(15)11(14)8-10/h5-6,8-9H,4,7H2,1-3H3. The lowest BCUT2D eigenvalue weighted by Gasteiger charge is -2.26. The van der Waals surface area contributed by atoms with E-state index in [4.69, 9.17) is 11.6 Å². The molecule has 0 bridgehead atoms. The third-order valence-corrected chi connectivity index (χ3v) is 4.09. The van der Waals surface area contributed by atoms with Crippen molar-refractivity contribution < 1.29 is 4.79 Å². The number of halogens is 2. The van der Waals surface area contributed by atoms with Gasteiger partial charge < -0.3 is 4.90 Å². The fourth-order valence-corrected chi connectivity index (χ4v) is 2.15. The topological polar surface area (TPSA) is 20.3 Å². The van der Waals surface area contributed by atoms with Gasteiger partial charge in [0.1, 0.15) is 0 Å². The van der Waals surface area contributed by atoms with E-state index in [9.17, 15) is 4.79 Å². The van der Waals surface area contributed by atoms with Crippen LogP contribution in [0.25, 0.3) is 0 Å². The quantitative estimate of drug-likeness (QED) is 0.732. The van der Waals surface area contributed by atoms with Crippen molar-refractivity contribution in [1.29, 1.82) is 0 Å². The summed E-state index contributed by atoms with van der Waals surface area (Å²) in [7, 11) is 0. The SMILES string of the molecule is CCCN(C(=O)c1ccc(I)c(Cl)c1)C(C)C. The molecule has 0 aliphatic heterocycles. The first kappa shape index (κ1) is 14.8. The molecule has 0 aromatic heterocycles. The Morgan fingerprint density at radius 1 is 1.47 bits per heavy atom. The van der Waals surface area contributed by atoms with Crippen LogP contribution in [0, 0.1) is 3.57 Å². The lowest BCUT2D eigenvalue weighted by atomic mass is 10.1. The second-order valence-electron chi connectivity index (χ2n) is 4.22.